The molecule has 0 radical (unpaired) electrons. The van der Waals surface area contributed by atoms with Crippen molar-refractivity contribution in [2.45, 2.75) is 40.2 Å². The van der Waals surface area contributed by atoms with Gasteiger partial charge >= 0.3 is 0 Å². The molecule has 2 aromatic rings. The number of aryl methyl sites for hydroxylation is 1. The number of carbonyl (C=O) groups is 1. The smallest absolute Gasteiger partial charge is 0.263 e. The number of nitrogens with one attached hydrogen (secondary N) is 1. The van der Waals surface area contributed by atoms with E-state index in [4.69, 9.17) is 0 Å². The fraction of sp³-hybridized carbons (Fsp3) is 0.474. The molecule has 1 heterocycles. The summed E-state index contributed by atoms with van der Waals surface area (Å²) in [4.78, 5) is 19.9. The van der Waals surface area contributed by atoms with E-state index in [-0.39, 0.29) is 11.7 Å². The molecule has 0 aliphatic heterocycles. The van der Waals surface area contributed by atoms with Gasteiger partial charge in [0, 0.05) is 25.6 Å². The van der Waals surface area contributed by atoms with Crippen LogP contribution in [0.1, 0.15) is 46.7 Å². The topological polar surface area (TPSA) is 45.2 Å². The Labute approximate surface area is 153 Å². The second kappa shape index (κ2) is 9.06. The van der Waals surface area contributed by atoms with Crippen molar-refractivity contribution in [2.24, 2.45) is 0 Å². The van der Waals surface area contributed by atoms with Crippen molar-refractivity contribution < 1.29 is 9.18 Å². The van der Waals surface area contributed by atoms with Crippen LogP contribution >= 0.6 is 11.3 Å². The van der Waals surface area contributed by atoms with E-state index >= 15 is 0 Å². The zero-order chi connectivity index (χ0) is 18.4. The number of carbonyl (C=O) groups excluding carboxylic acids is 1. The van der Waals surface area contributed by atoms with Crippen LogP contribution in [-0.4, -0.2) is 41.5 Å². The van der Waals surface area contributed by atoms with Gasteiger partial charge in [0.2, 0.25) is 0 Å². The van der Waals surface area contributed by atoms with Crippen molar-refractivity contribution in [1.82, 2.24) is 15.2 Å². The largest absolute Gasteiger partial charge is 0.350 e. The van der Waals surface area contributed by atoms with Crippen LogP contribution in [0.5, 0.6) is 0 Å². The summed E-state index contributed by atoms with van der Waals surface area (Å²) in [6.07, 6.45) is 0.607. The fourth-order valence-electron chi connectivity index (χ4n) is 2.69. The standard InChI is InChI=1S/C19H26FN3OS/c1-5-23(13(2)3)11-10-21-19(24)18-14(4)22-17(25-18)12-15-6-8-16(20)9-7-15/h6-9,13H,5,10-12H2,1-4H3,(H,21,24). The van der Waals surface area contributed by atoms with E-state index in [0.717, 1.165) is 29.4 Å². The number of rotatable bonds is 8. The molecule has 1 aromatic carbocycles. The highest BCUT2D eigenvalue weighted by molar-refractivity contribution is 7.13. The van der Waals surface area contributed by atoms with Crippen molar-refractivity contribution in [3.63, 3.8) is 0 Å². The van der Waals surface area contributed by atoms with Crippen LogP contribution < -0.4 is 5.32 Å². The monoisotopic (exact) mass is 363 g/mol. The Hall–Kier alpha value is -1.79. The van der Waals surface area contributed by atoms with Gasteiger partial charge in [-0.3, -0.25) is 9.69 Å². The number of halogens is 1. The third-order valence-corrected chi connectivity index (χ3v) is 5.29. The maximum atomic E-state index is 13.0. The predicted molar refractivity (Wildman–Crippen MR) is 101 cm³/mol. The van der Waals surface area contributed by atoms with Gasteiger partial charge in [-0.15, -0.1) is 11.3 Å². The lowest BCUT2D eigenvalue weighted by atomic mass is 10.1. The van der Waals surface area contributed by atoms with E-state index in [1.54, 1.807) is 12.1 Å². The zero-order valence-corrected chi connectivity index (χ0v) is 16.1. The van der Waals surface area contributed by atoms with Gasteiger partial charge in [-0.05, 0) is 45.0 Å². The highest BCUT2D eigenvalue weighted by atomic mass is 32.1. The molecule has 0 spiro atoms. The summed E-state index contributed by atoms with van der Waals surface area (Å²) in [5.41, 5.74) is 1.73. The van der Waals surface area contributed by atoms with Gasteiger partial charge in [-0.25, -0.2) is 9.37 Å². The Kier molecular flexibility index (Phi) is 7.08. The molecule has 0 aliphatic carbocycles. The van der Waals surface area contributed by atoms with Crippen LogP contribution in [0.25, 0.3) is 0 Å². The van der Waals surface area contributed by atoms with Crippen molar-refractivity contribution in [2.75, 3.05) is 19.6 Å². The van der Waals surface area contributed by atoms with Gasteiger partial charge in [0.1, 0.15) is 10.7 Å². The number of amides is 1. The lowest BCUT2D eigenvalue weighted by Gasteiger charge is -2.24. The Morgan fingerprint density at radius 1 is 1.32 bits per heavy atom. The van der Waals surface area contributed by atoms with E-state index in [1.165, 1.54) is 23.5 Å². The normalized spacial score (nSPS) is 11.3. The summed E-state index contributed by atoms with van der Waals surface area (Å²) in [6.45, 7) is 10.7. The number of likely N-dealkylation sites (N-methyl/N-ethyl adjacent to an activating group) is 1. The van der Waals surface area contributed by atoms with E-state index in [9.17, 15) is 9.18 Å². The highest BCUT2D eigenvalue weighted by Crippen LogP contribution is 2.21. The summed E-state index contributed by atoms with van der Waals surface area (Å²) >= 11 is 1.41. The van der Waals surface area contributed by atoms with Gasteiger partial charge in [0.25, 0.3) is 5.91 Å². The van der Waals surface area contributed by atoms with Crippen LogP contribution in [0.3, 0.4) is 0 Å². The Balaban J connectivity index is 1.94. The molecular formula is C19H26FN3OS. The van der Waals surface area contributed by atoms with Crippen LogP contribution in [0, 0.1) is 12.7 Å². The average Bonchev–Trinajstić information content (AvgIpc) is 2.93. The summed E-state index contributed by atoms with van der Waals surface area (Å²) in [5.74, 6) is -0.318. The maximum absolute atomic E-state index is 13.0. The van der Waals surface area contributed by atoms with Gasteiger partial charge in [-0.1, -0.05) is 19.1 Å². The van der Waals surface area contributed by atoms with Gasteiger partial charge in [0.15, 0.2) is 0 Å². The van der Waals surface area contributed by atoms with Gasteiger partial charge < -0.3 is 5.32 Å². The number of hydrogen-bond donors (Lipinski definition) is 1. The highest BCUT2D eigenvalue weighted by Gasteiger charge is 2.16. The third-order valence-electron chi connectivity index (χ3n) is 4.14. The number of hydrogen-bond acceptors (Lipinski definition) is 4. The minimum atomic E-state index is -0.248. The molecule has 1 aromatic heterocycles. The van der Waals surface area contributed by atoms with Crippen LogP contribution in [0.4, 0.5) is 4.39 Å². The molecule has 4 nitrogen and oxygen atoms in total. The molecule has 0 unspecified atom stereocenters. The number of thiazole rings is 1. The first-order chi connectivity index (χ1) is 11.9. The molecule has 0 bridgehead atoms. The molecular weight excluding hydrogens is 337 g/mol. The van der Waals surface area contributed by atoms with Gasteiger partial charge in [0.05, 0.1) is 10.7 Å². The molecule has 0 aliphatic rings. The molecule has 2 rings (SSSR count). The zero-order valence-electron chi connectivity index (χ0n) is 15.3. The Morgan fingerprint density at radius 2 is 2.00 bits per heavy atom. The molecule has 1 amide bonds. The maximum Gasteiger partial charge on any atom is 0.263 e. The van der Waals surface area contributed by atoms with E-state index in [1.807, 2.05) is 6.92 Å². The third kappa shape index (κ3) is 5.61. The average molecular weight is 364 g/mol. The summed E-state index contributed by atoms with van der Waals surface area (Å²) in [7, 11) is 0. The van der Waals surface area contributed by atoms with Crippen molar-refractivity contribution in [1.29, 1.82) is 0 Å². The Morgan fingerprint density at radius 3 is 2.60 bits per heavy atom. The van der Waals surface area contributed by atoms with Crippen LogP contribution in [0.2, 0.25) is 0 Å². The minimum absolute atomic E-state index is 0.0693. The second-order valence-electron chi connectivity index (χ2n) is 6.30. The van der Waals surface area contributed by atoms with Crippen molar-refractivity contribution in [3.8, 4) is 0 Å². The number of benzene rings is 1. The predicted octanol–water partition coefficient (Wildman–Crippen LogP) is 3.64. The molecule has 136 valence electrons. The van der Waals surface area contributed by atoms with Gasteiger partial charge in [-0.2, -0.15) is 0 Å². The molecule has 1 N–H and O–H groups in total. The molecule has 0 saturated carbocycles. The Bertz CT molecular complexity index is 697. The number of nitrogens with zero attached hydrogens (tertiary/aromatic N) is 2. The minimum Gasteiger partial charge on any atom is -0.350 e. The van der Waals surface area contributed by atoms with Crippen molar-refractivity contribution >= 4 is 17.2 Å². The number of aromatic nitrogens is 1. The lowest BCUT2D eigenvalue weighted by molar-refractivity contribution is 0.0949. The lowest BCUT2D eigenvalue weighted by Crippen LogP contribution is -2.38. The second-order valence-corrected chi connectivity index (χ2v) is 7.39. The van der Waals surface area contributed by atoms with E-state index in [2.05, 4.69) is 36.0 Å². The first-order valence-electron chi connectivity index (χ1n) is 8.63. The summed E-state index contributed by atoms with van der Waals surface area (Å²) < 4.78 is 13.0. The van der Waals surface area contributed by atoms with E-state index in [0.29, 0.717) is 23.9 Å². The molecule has 0 saturated heterocycles. The summed E-state index contributed by atoms with van der Waals surface area (Å²) in [6, 6.07) is 6.85. The quantitative estimate of drug-likeness (QED) is 0.779. The molecule has 25 heavy (non-hydrogen) atoms. The molecule has 6 heteroatoms. The van der Waals surface area contributed by atoms with Crippen LogP contribution in [0.15, 0.2) is 24.3 Å². The van der Waals surface area contributed by atoms with E-state index < -0.39 is 0 Å². The molecule has 0 atom stereocenters. The molecule has 0 fully saturated rings. The SMILES string of the molecule is CCN(CCNC(=O)c1sc(Cc2ccc(F)cc2)nc1C)C(C)C. The van der Waals surface area contributed by atoms with Crippen molar-refractivity contribution in [3.05, 3.63) is 51.2 Å². The first-order valence-corrected chi connectivity index (χ1v) is 9.45. The fourth-order valence-corrected chi connectivity index (χ4v) is 3.71. The first kappa shape index (κ1) is 19.5. The van der Waals surface area contributed by atoms with Crippen LogP contribution in [-0.2, 0) is 6.42 Å². The summed E-state index contributed by atoms with van der Waals surface area (Å²) in [5, 5.41) is 3.85.